The maximum atomic E-state index is 14.0. The van der Waals surface area contributed by atoms with Gasteiger partial charge in [0.2, 0.25) is 5.91 Å². The van der Waals surface area contributed by atoms with Gasteiger partial charge in [0.25, 0.3) is 5.56 Å². The van der Waals surface area contributed by atoms with Crippen LogP contribution in [0.25, 0.3) is 33.3 Å². The number of rotatable bonds is 10. The number of unbranched alkanes of at least 4 members (excludes halogenated alkanes) is 1. The third kappa shape index (κ3) is 7.78. The standard InChI is InChI=1S/C39H42N8O5/c1-25(47(38(51)52)39(2,3)4)35(48)42-17-5-6-20-46-36(49)32(30-9-7-11-33-31(30)10-8-18-41-33)21-34(44-46)26-12-14-29(15-13-26)43-37(50)45-23-27-16-19-40-22-28(27)24-45/h7-16,18-19,21-22,25H,5-6,17,20,23-24H2,1-4H3,(H,42,48)(H,43,50)(H,51,52). The number of urea groups is 1. The highest BCUT2D eigenvalue weighted by Crippen LogP contribution is 2.29. The monoisotopic (exact) mass is 702 g/mol. The molecule has 0 spiro atoms. The van der Waals surface area contributed by atoms with Crippen molar-refractivity contribution in [2.45, 2.75) is 71.8 Å². The Morgan fingerprint density at radius 2 is 1.71 bits per heavy atom. The van der Waals surface area contributed by atoms with Gasteiger partial charge in [0.15, 0.2) is 0 Å². The van der Waals surface area contributed by atoms with Gasteiger partial charge in [-0.05, 0) is 93.6 Å². The number of anilines is 1. The summed E-state index contributed by atoms with van der Waals surface area (Å²) in [5.41, 5.74) is 5.06. The molecular formula is C39H42N8O5. The molecule has 0 aliphatic carbocycles. The van der Waals surface area contributed by atoms with Gasteiger partial charge in [0.05, 0.1) is 16.8 Å². The van der Waals surface area contributed by atoms with Crippen molar-refractivity contribution in [3.8, 4) is 22.4 Å². The van der Waals surface area contributed by atoms with Gasteiger partial charge in [-0.25, -0.2) is 14.3 Å². The Bertz CT molecular complexity index is 2150. The van der Waals surface area contributed by atoms with Crippen LogP contribution in [0.1, 0.15) is 51.7 Å². The van der Waals surface area contributed by atoms with E-state index >= 15 is 0 Å². The zero-order valence-corrected chi connectivity index (χ0v) is 29.7. The van der Waals surface area contributed by atoms with E-state index in [0.29, 0.717) is 56.0 Å². The lowest BCUT2D eigenvalue weighted by Gasteiger charge is -2.37. The van der Waals surface area contributed by atoms with E-state index < -0.39 is 17.7 Å². The molecule has 2 aromatic carbocycles. The summed E-state index contributed by atoms with van der Waals surface area (Å²) in [6.07, 6.45) is 5.14. The average molecular weight is 703 g/mol. The first-order chi connectivity index (χ1) is 24.9. The molecule has 5 aromatic rings. The first-order valence-electron chi connectivity index (χ1n) is 17.2. The molecule has 4 heterocycles. The Morgan fingerprint density at radius 3 is 2.44 bits per heavy atom. The SMILES string of the molecule is CC(C(=O)NCCCCn1nc(-c2ccc(NC(=O)N3Cc4ccncc4C3)cc2)cc(-c2cccc3ncccc23)c1=O)N(C(=O)O)C(C)(C)C. The Balaban J connectivity index is 1.19. The molecule has 0 saturated heterocycles. The van der Waals surface area contributed by atoms with Crippen molar-refractivity contribution in [3.63, 3.8) is 0 Å². The number of aryl methyl sites for hydroxylation is 1. The quantitative estimate of drug-likeness (QED) is 0.146. The number of nitrogens with zero attached hydrogens (tertiary/aromatic N) is 6. The smallest absolute Gasteiger partial charge is 0.408 e. The van der Waals surface area contributed by atoms with Crippen LogP contribution in [-0.4, -0.2) is 70.8 Å². The van der Waals surface area contributed by atoms with Gasteiger partial charge in [-0.2, -0.15) is 5.10 Å². The van der Waals surface area contributed by atoms with E-state index in [1.54, 1.807) is 57.3 Å². The minimum Gasteiger partial charge on any atom is -0.465 e. The van der Waals surface area contributed by atoms with E-state index in [9.17, 15) is 24.3 Å². The van der Waals surface area contributed by atoms with Gasteiger partial charge in [0, 0.05) is 66.9 Å². The fourth-order valence-electron chi connectivity index (χ4n) is 6.55. The van der Waals surface area contributed by atoms with Crippen LogP contribution in [0.2, 0.25) is 0 Å². The molecule has 3 N–H and O–H groups in total. The van der Waals surface area contributed by atoms with Crippen molar-refractivity contribution in [2.24, 2.45) is 0 Å². The molecule has 1 atom stereocenters. The van der Waals surface area contributed by atoms with Crippen molar-refractivity contribution in [3.05, 3.63) is 107 Å². The maximum absolute atomic E-state index is 14.0. The fraction of sp³-hybridized carbons (Fsp3) is 0.308. The lowest BCUT2D eigenvalue weighted by molar-refractivity contribution is -0.126. The highest BCUT2D eigenvalue weighted by atomic mass is 16.4. The van der Waals surface area contributed by atoms with Crippen LogP contribution in [0.5, 0.6) is 0 Å². The zero-order chi connectivity index (χ0) is 37.0. The minimum absolute atomic E-state index is 0.207. The highest BCUT2D eigenvalue weighted by Gasteiger charge is 2.34. The number of fused-ring (bicyclic) bond motifs is 2. The van der Waals surface area contributed by atoms with E-state index in [2.05, 4.69) is 20.6 Å². The summed E-state index contributed by atoms with van der Waals surface area (Å²) in [5, 5.41) is 21.0. The van der Waals surface area contributed by atoms with Crippen LogP contribution in [0.15, 0.2) is 90.1 Å². The van der Waals surface area contributed by atoms with Crippen molar-refractivity contribution in [1.82, 2.24) is 34.9 Å². The van der Waals surface area contributed by atoms with Crippen LogP contribution in [-0.2, 0) is 24.4 Å². The van der Waals surface area contributed by atoms with Crippen molar-refractivity contribution in [2.75, 3.05) is 11.9 Å². The van der Waals surface area contributed by atoms with Gasteiger partial charge in [-0.15, -0.1) is 0 Å². The van der Waals surface area contributed by atoms with Crippen LogP contribution in [0, 0.1) is 0 Å². The molecule has 13 nitrogen and oxygen atoms in total. The number of aromatic nitrogens is 4. The first kappa shape index (κ1) is 35.7. The summed E-state index contributed by atoms with van der Waals surface area (Å²) in [5.74, 6) is -0.385. The zero-order valence-electron chi connectivity index (χ0n) is 29.7. The molecule has 0 fully saturated rings. The van der Waals surface area contributed by atoms with Gasteiger partial charge in [-0.1, -0.05) is 30.3 Å². The lowest BCUT2D eigenvalue weighted by atomic mass is 10.00. The van der Waals surface area contributed by atoms with Gasteiger partial charge in [-0.3, -0.25) is 24.5 Å². The van der Waals surface area contributed by atoms with Crippen molar-refractivity contribution in [1.29, 1.82) is 0 Å². The van der Waals surface area contributed by atoms with Crippen LogP contribution in [0.3, 0.4) is 0 Å². The van der Waals surface area contributed by atoms with Crippen molar-refractivity contribution >= 4 is 34.6 Å². The summed E-state index contributed by atoms with van der Waals surface area (Å²) in [6, 6.07) is 19.4. The first-order valence-corrected chi connectivity index (χ1v) is 17.2. The molecule has 13 heteroatoms. The lowest BCUT2D eigenvalue weighted by Crippen LogP contribution is -2.55. The number of carbonyl (C=O) groups excluding carboxylic acids is 2. The molecule has 268 valence electrons. The number of carbonyl (C=O) groups is 3. The number of benzene rings is 2. The summed E-state index contributed by atoms with van der Waals surface area (Å²) >= 11 is 0. The van der Waals surface area contributed by atoms with Crippen LogP contribution >= 0.6 is 0 Å². The van der Waals surface area contributed by atoms with Crippen LogP contribution in [0.4, 0.5) is 15.3 Å². The Hall–Kier alpha value is -6.11. The summed E-state index contributed by atoms with van der Waals surface area (Å²) < 4.78 is 1.45. The normalized spacial score (nSPS) is 13.0. The molecule has 0 radical (unpaired) electrons. The Kier molecular flexibility index (Phi) is 10.3. The molecule has 3 aromatic heterocycles. The molecule has 0 bridgehead atoms. The largest absolute Gasteiger partial charge is 0.465 e. The molecule has 1 aliphatic rings. The average Bonchev–Trinajstić information content (AvgIpc) is 3.56. The third-order valence-corrected chi connectivity index (χ3v) is 9.15. The number of hydrogen-bond donors (Lipinski definition) is 3. The van der Waals surface area contributed by atoms with Gasteiger partial charge < -0.3 is 20.6 Å². The minimum atomic E-state index is -1.16. The number of hydrogen-bond acceptors (Lipinski definition) is 7. The van der Waals surface area contributed by atoms with E-state index in [-0.39, 0.29) is 17.5 Å². The summed E-state index contributed by atoms with van der Waals surface area (Å²) in [6.45, 7) is 8.41. The predicted molar refractivity (Wildman–Crippen MR) is 198 cm³/mol. The highest BCUT2D eigenvalue weighted by molar-refractivity contribution is 5.95. The van der Waals surface area contributed by atoms with Crippen molar-refractivity contribution < 1.29 is 19.5 Å². The van der Waals surface area contributed by atoms with E-state index in [4.69, 9.17) is 5.10 Å². The second-order valence-electron chi connectivity index (χ2n) is 13.9. The number of carboxylic acid groups (broad SMARTS) is 1. The molecule has 4 amide bonds. The van der Waals surface area contributed by atoms with Gasteiger partial charge >= 0.3 is 12.1 Å². The topological polar surface area (TPSA) is 163 Å². The Labute approximate surface area is 301 Å². The predicted octanol–water partition coefficient (Wildman–Crippen LogP) is 6.13. The number of amides is 4. The maximum Gasteiger partial charge on any atom is 0.408 e. The molecule has 0 saturated carbocycles. The third-order valence-electron chi connectivity index (χ3n) is 9.15. The van der Waals surface area contributed by atoms with E-state index in [1.165, 1.54) is 4.68 Å². The summed E-state index contributed by atoms with van der Waals surface area (Å²) in [4.78, 5) is 63.1. The molecule has 1 aliphatic heterocycles. The molecule has 1 unspecified atom stereocenters. The second kappa shape index (κ2) is 15.0. The summed E-state index contributed by atoms with van der Waals surface area (Å²) in [7, 11) is 0. The fourth-order valence-corrected chi connectivity index (χ4v) is 6.55. The Morgan fingerprint density at radius 1 is 0.942 bits per heavy atom. The molecular weight excluding hydrogens is 660 g/mol. The molecule has 52 heavy (non-hydrogen) atoms. The number of pyridine rings is 2. The second-order valence-corrected chi connectivity index (χ2v) is 13.9. The van der Waals surface area contributed by atoms with Gasteiger partial charge in [0.1, 0.15) is 6.04 Å². The van der Waals surface area contributed by atoms with E-state index in [1.807, 2.05) is 60.7 Å². The molecule has 6 rings (SSSR count). The van der Waals surface area contributed by atoms with E-state index in [0.717, 1.165) is 38.1 Å². The van der Waals surface area contributed by atoms with Crippen LogP contribution < -0.4 is 16.2 Å². The number of nitrogens with one attached hydrogen (secondary N) is 2.